The van der Waals surface area contributed by atoms with Gasteiger partial charge in [0.25, 0.3) is 0 Å². The molecule has 0 bridgehead atoms. The first kappa shape index (κ1) is 25.4. The molecular formula is C28H23F2N9O. The van der Waals surface area contributed by atoms with Crippen LogP contribution in [0.2, 0.25) is 0 Å². The molecule has 12 heteroatoms. The highest BCUT2D eigenvalue weighted by molar-refractivity contribution is 5.90. The number of nitrogens with two attached hydrogens (primary N) is 1. The van der Waals surface area contributed by atoms with Gasteiger partial charge in [-0.1, -0.05) is 30.3 Å². The molecule has 4 heterocycles. The highest BCUT2D eigenvalue weighted by Crippen LogP contribution is 2.35. The maximum absolute atomic E-state index is 15.1. The van der Waals surface area contributed by atoms with Crippen LogP contribution in [-0.2, 0) is 13.0 Å². The molecule has 2 atom stereocenters. The van der Waals surface area contributed by atoms with Crippen molar-refractivity contribution >= 4 is 11.6 Å². The van der Waals surface area contributed by atoms with Crippen molar-refractivity contribution < 1.29 is 13.9 Å². The molecule has 2 aromatic carbocycles. The Balaban J connectivity index is 1.47. The van der Waals surface area contributed by atoms with E-state index in [-0.39, 0.29) is 37.8 Å². The number of β-amino-alcohol motifs (C(OH)–C–C–N with tert-alkyl or cyclic N) is 1. The van der Waals surface area contributed by atoms with Crippen molar-refractivity contribution in [3.8, 4) is 28.6 Å². The maximum atomic E-state index is 15.1. The van der Waals surface area contributed by atoms with Gasteiger partial charge in [-0.25, -0.2) is 28.7 Å². The second kappa shape index (κ2) is 10.4. The van der Waals surface area contributed by atoms with Crippen LogP contribution >= 0.6 is 0 Å². The van der Waals surface area contributed by atoms with Crippen LogP contribution in [0, 0.1) is 17.1 Å². The number of aromatic nitrogens is 6. The maximum Gasteiger partial charge on any atom is 0.223 e. The Labute approximate surface area is 227 Å². The van der Waals surface area contributed by atoms with Crippen molar-refractivity contribution in [2.75, 3.05) is 18.8 Å². The van der Waals surface area contributed by atoms with Crippen molar-refractivity contribution in [3.05, 3.63) is 89.4 Å². The van der Waals surface area contributed by atoms with Crippen LogP contribution in [0.15, 0.2) is 61.1 Å². The van der Waals surface area contributed by atoms with Crippen LogP contribution in [-0.4, -0.2) is 64.9 Å². The number of fused-ring (bicyclic) bond motifs is 1. The van der Waals surface area contributed by atoms with E-state index in [0.29, 0.717) is 44.9 Å². The number of nitrogens with zero attached hydrogens (tertiary/aromatic N) is 8. The molecule has 200 valence electrons. The average Bonchev–Trinajstić information content (AvgIpc) is 3.53. The van der Waals surface area contributed by atoms with E-state index in [2.05, 4.69) is 26.1 Å². The fourth-order valence-electron chi connectivity index (χ4n) is 5.03. The largest absolute Gasteiger partial charge is 0.389 e. The summed E-state index contributed by atoms with van der Waals surface area (Å²) in [4.78, 5) is 19.5. The number of anilines is 1. The smallest absolute Gasteiger partial charge is 0.223 e. The molecule has 0 amide bonds. The summed E-state index contributed by atoms with van der Waals surface area (Å²) in [6.07, 6.45) is 0.602. The van der Waals surface area contributed by atoms with Gasteiger partial charge in [-0.2, -0.15) is 9.78 Å². The Morgan fingerprint density at radius 3 is 2.70 bits per heavy atom. The Hall–Kier alpha value is -4.86. The van der Waals surface area contributed by atoms with Crippen LogP contribution < -0.4 is 5.73 Å². The summed E-state index contributed by atoms with van der Waals surface area (Å²) < 4.78 is 30.4. The zero-order chi connectivity index (χ0) is 27.8. The lowest BCUT2D eigenvalue weighted by molar-refractivity contribution is 0.115. The Kier molecular flexibility index (Phi) is 6.59. The topological polar surface area (TPSA) is 142 Å². The molecule has 1 fully saturated rings. The predicted molar refractivity (Wildman–Crippen MR) is 142 cm³/mol. The lowest BCUT2D eigenvalue weighted by Crippen LogP contribution is -2.22. The van der Waals surface area contributed by atoms with Crippen LogP contribution in [0.1, 0.15) is 22.5 Å². The number of aliphatic hydroxyl groups excluding tert-OH is 1. The minimum atomic E-state index is -1.34. The summed E-state index contributed by atoms with van der Waals surface area (Å²) in [6.45, 7) is 0.505. The van der Waals surface area contributed by atoms with Gasteiger partial charge >= 0.3 is 0 Å². The summed E-state index contributed by atoms with van der Waals surface area (Å²) in [7, 11) is 0. The number of aliphatic hydroxyl groups is 1. The molecule has 0 unspecified atom stereocenters. The molecule has 0 aliphatic carbocycles. The number of halogens is 2. The molecule has 0 radical (unpaired) electrons. The van der Waals surface area contributed by atoms with Gasteiger partial charge in [-0.15, -0.1) is 5.10 Å². The first-order valence-corrected chi connectivity index (χ1v) is 12.5. The third-order valence-electron chi connectivity index (χ3n) is 6.94. The van der Waals surface area contributed by atoms with Crippen molar-refractivity contribution in [2.45, 2.75) is 25.2 Å². The van der Waals surface area contributed by atoms with Gasteiger partial charge in [-0.3, -0.25) is 4.90 Å². The van der Waals surface area contributed by atoms with E-state index < -0.39 is 18.1 Å². The van der Waals surface area contributed by atoms with Gasteiger partial charge in [0, 0.05) is 37.8 Å². The van der Waals surface area contributed by atoms with Crippen molar-refractivity contribution in [3.63, 3.8) is 0 Å². The normalized spacial score (nSPS) is 17.4. The number of alkyl halides is 1. The monoisotopic (exact) mass is 539 g/mol. The Morgan fingerprint density at radius 1 is 1.10 bits per heavy atom. The van der Waals surface area contributed by atoms with E-state index in [4.69, 9.17) is 10.7 Å². The first-order chi connectivity index (χ1) is 19.4. The van der Waals surface area contributed by atoms with E-state index in [1.807, 2.05) is 0 Å². The predicted octanol–water partition coefficient (Wildman–Crippen LogP) is 2.95. The molecule has 10 nitrogen and oxygen atoms in total. The Morgan fingerprint density at radius 2 is 1.95 bits per heavy atom. The van der Waals surface area contributed by atoms with Crippen LogP contribution in [0.5, 0.6) is 0 Å². The molecule has 40 heavy (non-hydrogen) atoms. The second-order valence-corrected chi connectivity index (χ2v) is 9.54. The zero-order valence-electron chi connectivity index (χ0n) is 21.1. The molecule has 0 spiro atoms. The molecule has 3 aromatic heterocycles. The van der Waals surface area contributed by atoms with E-state index in [0.717, 1.165) is 0 Å². The zero-order valence-corrected chi connectivity index (χ0v) is 21.1. The number of hydrogen-bond donors (Lipinski definition) is 2. The SMILES string of the molecule is N#Cc1ccccc1-c1nc(N)n2nc(Cc3c(F)cccc3CN3C[C@@H](O)[C@H](F)C3)nc2c1-c1ccncn1. The lowest BCUT2D eigenvalue weighted by atomic mass is 9.99. The summed E-state index contributed by atoms with van der Waals surface area (Å²) in [5.74, 6) is -0.132. The van der Waals surface area contributed by atoms with Crippen molar-refractivity contribution in [2.24, 2.45) is 0 Å². The highest BCUT2D eigenvalue weighted by Gasteiger charge is 2.31. The minimum Gasteiger partial charge on any atom is -0.389 e. The van der Waals surface area contributed by atoms with Gasteiger partial charge in [0.2, 0.25) is 5.95 Å². The highest BCUT2D eigenvalue weighted by atomic mass is 19.1. The molecule has 1 aliphatic rings. The molecule has 1 saturated heterocycles. The van der Waals surface area contributed by atoms with E-state index in [9.17, 15) is 14.8 Å². The molecule has 1 aliphatic heterocycles. The number of nitriles is 1. The fourth-order valence-corrected chi connectivity index (χ4v) is 5.03. The van der Waals surface area contributed by atoms with E-state index in [1.165, 1.54) is 16.9 Å². The first-order valence-electron chi connectivity index (χ1n) is 12.5. The summed E-state index contributed by atoms with van der Waals surface area (Å²) in [6, 6.07) is 15.6. The number of nitrogen functional groups attached to an aromatic ring is 1. The quantitative estimate of drug-likeness (QED) is 0.333. The molecular weight excluding hydrogens is 516 g/mol. The Bertz CT molecular complexity index is 1740. The molecule has 3 N–H and O–H groups in total. The number of likely N-dealkylation sites (tertiary alicyclic amines) is 1. The number of hydrogen-bond acceptors (Lipinski definition) is 9. The second-order valence-electron chi connectivity index (χ2n) is 9.54. The van der Waals surface area contributed by atoms with Gasteiger partial charge in [0.1, 0.15) is 18.3 Å². The van der Waals surface area contributed by atoms with Gasteiger partial charge in [0.05, 0.1) is 34.7 Å². The molecule has 6 rings (SSSR count). The van der Waals surface area contributed by atoms with E-state index in [1.54, 1.807) is 53.6 Å². The minimum absolute atomic E-state index is 0.0306. The van der Waals surface area contributed by atoms with Crippen molar-refractivity contribution in [1.82, 2.24) is 34.4 Å². The third-order valence-corrected chi connectivity index (χ3v) is 6.94. The summed E-state index contributed by atoms with van der Waals surface area (Å²) >= 11 is 0. The summed E-state index contributed by atoms with van der Waals surface area (Å²) in [5, 5.41) is 24.1. The van der Waals surface area contributed by atoms with Gasteiger partial charge in [0.15, 0.2) is 11.5 Å². The van der Waals surface area contributed by atoms with Crippen LogP contribution in [0.4, 0.5) is 14.7 Å². The fraction of sp³-hybridized carbons (Fsp3) is 0.214. The molecule has 5 aromatic rings. The summed E-state index contributed by atoms with van der Waals surface area (Å²) in [5.41, 5.74) is 10.0. The number of benzene rings is 2. The van der Waals surface area contributed by atoms with Crippen molar-refractivity contribution in [1.29, 1.82) is 5.26 Å². The van der Waals surface area contributed by atoms with Crippen LogP contribution in [0.3, 0.4) is 0 Å². The number of rotatable bonds is 6. The lowest BCUT2D eigenvalue weighted by Gasteiger charge is -2.17. The van der Waals surface area contributed by atoms with E-state index >= 15 is 4.39 Å². The average molecular weight is 540 g/mol. The van der Waals surface area contributed by atoms with Crippen LogP contribution in [0.25, 0.3) is 28.2 Å². The third kappa shape index (κ3) is 4.61. The van der Waals surface area contributed by atoms with Gasteiger partial charge in [-0.05, 0) is 29.3 Å². The van der Waals surface area contributed by atoms with Gasteiger partial charge < -0.3 is 10.8 Å². The standard InChI is InChI=1S/C28H23F2N9O/c29-20-7-3-5-17(12-38-13-21(30)23(40)14-38)19(20)10-24-35-27-25(22-8-9-33-15-34-22)26(36-28(32)39(27)37-24)18-6-2-1-4-16(18)11-31/h1-9,15,21,23,40H,10,12-14H2,(H2,32,36)/t21-,23-/m1/s1. The molecule has 0 saturated carbocycles.